The van der Waals surface area contributed by atoms with E-state index in [1.54, 1.807) is 7.11 Å². The molecule has 4 rings (SSSR count). The quantitative estimate of drug-likeness (QED) is 0.293. The highest BCUT2D eigenvalue weighted by atomic mass is 16.5. The Hall–Kier alpha value is -3.81. The fraction of sp³-hybridized carbons (Fsp3) is 0.250. The summed E-state index contributed by atoms with van der Waals surface area (Å²) in [6.45, 7) is 3.73. The number of carboxylic acids is 1. The van der Waals surface area contributed by atoms with Crippen LogP contribution in [0, 0.1) is 6.92 Å². The van der Waals surface area contributed by atoms with Crippen LogP contribution < -0.4 is 5.32 Å². The van der Waals surface area contributed by atoms with Crippen molar-refractivity contribution in [3.8, 4) is 34.0 Å². The highest BCUT2D eigenvalue weighted by Gasteiger charge is 2.15. The largest absolute Gasteiger partial charge is 0.481 e. The Morgan fingerprint density at radius 1 is 1.00 bits per heavy atom. The predicted octanol–water partition coefficient (Wildman–Crippen LogP) is 5.13. The summed E-state index contributed by atoms with van der Waals surface area (Å²) in [5, 5.41) is 16.1. The molecule has 180 valence electrons. The van der Waals surface area contributed by atoms with Gasteiger partial charge in [0.25, 0.3) is 5.89 Å². The maximum absolute atomic E-state index is 10.6. The van der Waals surface area contributed by atoms with Gasteiger partial charge < -0.3 is 19.7 Å². The van der Waals surface area contributed by atoms with Crippen LogP contribution >= 0.6 is 0 Å². The minimum Gasteiger partial charge on any atom is -0.481 e. The first-order chi connectivity index (χ1) is 17.0. The zero-order chi connectivity index (χ0) is 24.6. The number of nitrogens with zero attached hydrogens (tertiary/aromatic N) is 2. The lowest BCUT2D eigenvalue weighted by atomic mass is 9.94. The number of benzene rings is 3. The monoisotopic (exact) mass is 471 g/mol. The molecule has 0 atom stereocenters. The van der Waals surface area contributed by atoms with E-state index < -0.39 is 5.97 Å². The highest BCUT2D eigenvalue weighted by Crippen LogP contribution is 2.31. The maximum Gasteiger partial charge on any atom is 0.304 e. The van der Waals surface area contributed by atoms with E-state index in [2.05, 4.69) is 40.6 Å². The molecule has 2 N–H and O–H groups in total. The summed E-state index contributed by atoms with van der Waals surface area (Å²) in [5.41, 5.74) is 7.38. The average molecular weight is 472 g/mol. The van der Waals surface area contributed by atoms with Crippen molar-refractivity contribution in [3.05, 3.63) is 83.4 Å². The predicted molar refractivity (Wildman–Crippen MR) is 135 cm³/mol. The molecule has 0 saturated heterocycles. The van der Waals surface area contributed by atoms with Crippen molar-refractivity contribution in [1.82, 2.24) is 15.5 Å². The number of aromatic nitrogens is 2. The zero-order valence-electron chi connectivity index (χ0n) is 20.0. The van der Waals surface area contributed by atoms with Gasteiger partial charge in [0.15, 0.2) is 0 Å². The molecule has 7 nitrogen and oxygen atoms in total. The lowest BCUT2D eigenvalue weighted by Gasteiger charge is -2.12. The number of carbonyl (C=O) groups is 1. The van der Waals surface area contributed by atoms with E-state index >= 15 is 0 Å². The number of carboxylic acid groups (broad SMARTS) is 1. The number of hydrogen-bond acceptors (Lipinski definition) is 6. The minimum absolute atomic E-state index is 0.115. The molecule has 0 unspecified atom stereocenters. The van der Waals surface area contributed by atoms with Gasteiger partial charge >= 0.3 is 5.97 Å². The Morgan fingerprint density at radius 3 is 2.66 bits per heavy atom. The van der Waals surface area contributed by atoms with Crippen LogP contribution in [0.1, 0.15) is 23.1 Å². The molecule has 1 aromatic heterocycles. The van der Waals surface area contributed by atoms with E-state index in [1.807, 2.05) is 48.5 Å². The number of hydrogen-bond donors (Lipinski definition) is 2. The van der Waals surface area contributed by atoms with Crippen molar-refractivity contribution in [3.63, 3.8) is 0 Å². The normalized spacial score (nSPS) is 11.0. The fourth-order valence-corrected chi connectivity index (χ4v) is 4.02. The van der Waals surface area contributed by atoms with Crippen molar-refractivity contribution < 1.29 is 19.2 Å². The van der Waals surface area contributed by atoms with Crippen LogP contribution in [-0.2, 0) is 22.6 Å². The van der Waals surface area contributed by atoms with Gasteiger partial charge in [-0.1, -0.05) is 53.7 Å². The second kappa shape index (κ2) is 11.6. The molecular weight excluding hydrogens is 442 g/mol. The van der Waals surface area contributed by atoms with Gasteiger partial charge in [0.05, 0.1) is 13.0 Å². The van der Waals surface area contributed by atoms with Gasteiger partial charge in [0, 0.05) is 24.8 Å². The van der Waals surface area contributed by atoms with Crippen LogP contribution in [-0.4, -0.2) is 41.4 Å². The van der Waals surface area contributed by atoms with Gasteiger partial charge in [0.1, 0.15) is 0 Å². The minimum atomic E-state index is -0.799. The van der Waals surface area contributed by atoms with Crippen LogP contribution in [0.4, 0.5) is 0 Å². The van der Waals surface area contributed by atoms with E-state index in [1.165, 1.54) is 11.1 Å². The summed E-state index contributed by atoms with van der Waals surface area (Å²) < 4.78 is 11.1. The second-order valence-corrected chi connectivity index (χ2v) is 8.39. The third-order valence-corrected chi connectivity index (χ3v) is 5.80. The first-order valence-electron chi connectivity index (χ1n) is 11.6. The van der Waals surface area contributed by atoms with Crippen molar-refractivity contribution in [2.45, 2.75) is 26.4 Å². The summed E-state index contributed by atoms with van der Waals surface area (Å²) >= 11 is 0. The third kappa shape index (κ3) is 6.20. The van der Waals surface area contributed by atoms with Crippen LogP contribution in [0.5, 0.6) is 0 Å². The number of aryl methyl sites for hydroxylation is 1. The molecular formula is C28H29N3O4. The van der Waals surface area contributed by atoms with Crippen LogP contribution in [0.3, 0.4) is 0 Å². The van der Waals surface area contributed by atoms with Gasteiger partial charge in [-0.05, 0) is 65.9 Å². The summed E-state index contributed by atoms with van der Waals surface area (Å²) in [5.74, 6) is 0.179. The van der Waals surface area contributed by atoms with Gasteiger partial charge in [-0.25, -0.2) is 0 Å². The summed E-state index contributed by atoms with van der Waals surface area (Å²) in [6.07, 6.45) is 0.891. The number of ether oxygens (including phenoxy) is 1. The lowest BCUT2D eigenvalue weighted by Crippen LogP contribution is -2.20. The van der Waals surface area contributed by atoms with Crippen LogP contribution in [0.25, 0.3) is 34.0 Å². The first kappa shape index (κ1) is 24.3. The van der Waals surface area contributed by atoms with Crippen LogP contribution in [0.15, 0.2) is 71.3 Å². The van der Waals surface area contributed by atoms with Crippen molar-refractivity contribution in [1.29, 1.82) is 0 Å². The molecule has 1 heterocycles. The highest BCUT2D eigenvalue weighted by molar-refractivity contribution is 5.74. The van der Waals surface area contributed by atoms with E-state index in [9.17, 15) is 4.79 Å². The summed E-state index contributed by atoms with van der Waals surface area (Å²) in [6, 6.07) is 22.4. The maximum atomic E-state index is 10.6. The smallest absolute Gasteiger partial charge is 0.304 e. The Kier molecular flexibility index (Phi) is 8.03. The Bertz CT molecular complexity index is 1300. The molecule has 0 radical (unpaired) electrons. The Balaban J connectivity index is 1.52. The summed E-state index contributed by atoms with van der Waals surface area (Å²) in [4.78, 5) is 15.3. The molecule has 0 saturated carbocycles. The number of methoxy groups -OCH3 is 1. The first-order valence-corrected chi connectivity index (χ1v) is 11.6. The molecule has 0 amide bonds. The topological polar surface area (TPSA) is 97.5 Å². The van der Waals surface area contributed by atoms with Gasteiger partial charge in [-0.2, -0.15) is 4.98 Å². The van der Waals surface area contributed by atoms with Crippen molar-refractivity contribution in [2.24, 2.45) is 0 Å². The zero-order valence-corrected chi connectivity index (χ0v) is 20.0. The van der Waals surface area contributed by atoms with Crippen molar-refractivity contribution >= 4 is 5.97 Å². The third-order valence-electron chi connectivity index (χ3n) is 5.80. The molecule has 0 aliphatic rings. The number of nitrogens with one attached hydrogen (secondary N) is 1. The summed E-state index contributed by atoms with van der Waals surface area (Å²) in [7, 11) is 1.69. The molecule has 7 heteroatoms. The van der Waals surface area contributed by atoms with E-state index in [0.29, 0.717) is 31.4 Å². The van der Waals surface area contributed by atoms with E-state index in [0.717, 1.165) is 34.2 Å². The molecule has 3 aromatic carbocycles. The van der Waals surface area contributed by atoms with Gasteiger partial charge in [-0.3, -0.25) is 4.79 Å². The molecule has 0 aliphatic carbocycles. The second-order valence-electron chi connectivity index (χ2n) is 8.39. The Morgan fingerprint density at radius 2 is 1.86 bits per heavy atom. The molecule has 35 heavy (non-hydrogen) atoms. The van der Waals surface area contributed by atoms with Crippen molar-refractivity contribution in [2.75, 3.05) is 20.2 Å². The van der Waals surface area contributed by atoms with Crippen LogP contribution in [0.2, 0.25) is 0 Å². The molecule has 0 bridgehead atoms. The lowest BCUT2D eigenvalue weighted by molar-refractivity contribution is -0.136. The number of rotatable bonds is 11. The molecule has 4 aromatic rings. The van der Waals surface area contributed by atoms with E-state index in [4.69, 9.17) is 14.4 Å². The van der Waals surface area contributed by atoms with Gasteiger partial charge in [0.2, 0.25) is 5.82 Å². The molecule has 0 aliphatic heterocycles. The average Bonchev–Trinajstić information content (AvgIpc) is 3.35. The molecule has 0 fully saturated rings. The van der Waals surface area contributed by atoms with E-state index in [-0.39, 0.29) is 6.42 Å². The standard InChI is InChI=1S/C28H29N3O4/c1-19-6-3-4-9-24(19)25-11-10-22(17-23(25)18-34-2)28-30-27(31-35-28)21-8-5-7-20(16-21)12-14-29-15-13-26(32)33/h3-11,16-17,29H,12-15,18H2,1-2H3,(H,32,33). The SMILES string of the molecule is COCc1cc(-c2nc(-c3cccc(CCNCCC(=O)O)c3)no2)ccc1-c1ccccc1C. The fourth-order valence-electron chi connectivity index (χ4n) is 4.02. The van der Waals surface area contributed by atoms with Gasteiger partial charge in [-0.15, -0.1) is 0 Å². The molecule has 0 spiro atoms. The number of aliphatic carboxylic acids is 1. The Labute approximate surface area is 204 Å².